The average Bonchev–Trinajstić information content (AvgIpc) is 3.01. The molecular formula is C21H17FN3O+. The summed E-state index contributed by atoms with van der Waals surface area (Å²) in [6, 6.07) is 19.3. The molecule has 26 heavy (non-hydrogen) atoms. The summed E-state index contributed by atoms with van der Waals surface area (Å²) >= 11 is 0. The van der Waals surface area contributed by atoms with Gasteiger partial charge in [0.05, 0.1) is 11.8 Å². The molecule has 4 rings (SSSR count). The Morgan fingerprint density at radius 3 is 2.62 bits per heavy atom. The first-order valence-corrected chi connectivity index (χ1v) is 8.28. The summed E-state index contributed by atoms with van der Waals surface area (Å²) in [7, 11) is 0. The number of pyridine rings is 1. The van der Waals surface area contributed by atoms with Gasteiger partial charge in [0.2, 0.25) is 5.65 Å². The number of halogens is 1. The van der Waals surface area contributed by atoms with Crippen LogP contribution in [0, 0.1) is 12.7 Å². The maximum absolute atomic E-state index is 13.3. The van der Waals surface area contributed by atoms with Crippen LogP contribution in [0.25, 0.3) is 16.9 Å². The van der Waals surface area contributed by atoms with Crippen molar-refractivity contribution in [3.63, 3.8) is 0 Å². The number of imidazole rings is 1. The molecule has 4 aromatic rings. The first kappa shape index (κ1) is 16.0. The Labute approximate surface area is 149 Å². The van der Waals surface area contributed by atoms with Gasteiger partial charge in [0.25, 0.3) is 5.82 Å². The van der Waals surface area contributed by atoms with Gasteiger partial charge in [-0.15, -0.1) is 0 Å². The van der Waals surface area contributed by atoms with Gasteiger partial charge in [-0.3, -0.25) is 9.78 Å². The highest BCUT2D eigenvalue weighted by molar-refractivity contribution is 6.05. The Morgan fingerprint density at radius 2 is 1.85 bits per heavy atom. The van der Waals surface area contributed by atoms with Crippen molar-refractivity contribution >= 4 is 17.4 Å². The smallest absolute Gasteiger partial charge is 0.267 e. The van der Waals surface area contributed by atoms with Gasteiger partial charge >= 0.3 is 5.91 Å². The van der Waals surface area contributed by atoms with Crippen LogP contribution in [0.1, 0.15) is 15.9 Å². The molecule has 0 unspecified atom stereocenters. The number of carbonyl (C=O) groups is 1. The van der Waals surface area contributed by atoms with Gasteiger partial charge in [0.1, 0.15) is 5.82 Å². The molecule has 128 valence electrons. The molecular weight excluding hydrogens is 329 g/mol. The Morgan fingerprint density at radius 1 is 1.04 bits per heavy atom. The van der Waals surface area contributed by atoms with Crippen molar-refractivity contribution in [1.29, 1.82) is 0 Å². The summed E-state index contributed by atoms with van der Waals surface area (Å²) in [5.41, 5.74) is 3.93. The van der Waals surface area contributed by atoms with Crippen molar-refractivity contribution in [2.75, 3.05) is 5.32 Å². The number of aryl methyl sites for hydroxylation is 1. The van der Waals surface area contributed by atoms with Crippen molar-refractivity contribution in [2.45, 2.75) is 6.92 Å². The van der Waals surface area contributed by atoms with Crippen LogP contribution in [0.3, 0.4) is 0 Å². The van der Waals surface area contributed by atoms with Crippen LogP contribution in [0.5, 0.6) is 0 Å². The zero-order valence-electron chi connectivity index (χ0n) is 14.2. The van der Waals surface area contributed by atoms with Crippen LogP contribution in [0.15, 0.2) is 72.9 Å². The summed E-state index contributed by atoms with van der Waals surface area (Å²) in [5.74, 6) is 0.107. The summed E-state index contributed by atoms with van der Waals surface area (Å²) < 4.78 is 15.2. The fourth-order valence-corrected chi connectivity index (χ4v) is 2.96. The lowest BCUT2D eigenvalue weighted by Crippen LogP contribution is -2.26. The molecule has 0 atom stereocenters. The molecule has 0 fully saturated rings. The number of H-pyrrole nitrogens is 1. The van der Waals surface area contributed by atoms with Gasteiger partial charge < -0.3 is 0 Å². The largest absolute Gasteiger partial charge is 0.311 e. The predicted molar refractivity (Wildman–Crippen MR) is 98.5 cm³/mol. The van der Waals surface area contributed by atoms with E-state index < -0.39 is 0 Å². The third kappa shape index (κ3) is 2.95. The van der Waals surface area contributed by atoms with E-state index in [1.54, 1.807) is 18.2 Å². The van der Waals surface area contributed by atoms with Crippen molar-refractivity contribution in [3.05, 3.63) is 89.9 Å². The third-order valence-electron chi connectivity index (χ3n) is 4.24. The van der Waals surface area contributed by atoms with Crippen LogP contribution >= 0.6 is 0 Å². The van der Waals surface area contributed by atoms with E-state index in [1.807, 2.05) is 53.9 Å². The van der Waals surface area contributed by atoms with E-state index >= 15 is 0 Å². The van der Waals surface area contributed by atoms with Crippen LogP contribution in [0.4, 0.5) is 10.2 Å². The number of fused-ring (bicyclic) bond motifs is 1. The minimum absolute atomic E-state index is 0.200. The first-order valence-electron chi connectivity index (χ1n) is 8.28. The Balaban J connectivity index is 1.81. The summed E-state index contributed by atoms with van der Waals surface area (Å²) in [6.45, 7) is 1.95. The van der Waals surface area contributed by atoms with E-state index in [1.165, 1.54) is 12.1 Å². The highest BCUT2D eigenvalue weighted by Gasteiger charge is 2.23. The number of nitrogens with zero attached hydrogens (tertiary/aromatic N) is 1. The van der Waals surface area contributed by atoms with Gasteiger partial charge in [-0.05, 0) is 49.4 Å². The fraction of sp³-hybridized carbons (Fsp3) is 0.0476. The second-order valence-corrected chi connectivity index (χ2v) is 6.13. The standard InChI is InChI=1S/C21H16FN3O/c1-14-5-4-6-16(13-14)21(26)24-20-19(15-8-10-17(22)11-9-15)23-18-7-2-3-12-25(18)20/h2-13H,1H3,(H,24,26)/p+1. The number of hydrogen-bond acceptors (Lipinski definition) is 1. The molecule has 0 bridgehead atoms. The number of carbonyl (C=O) groups excluding carboxylic acids is 1. The topological polar surface area (TPSA) is 49.0 Å². The maximum Gasteiger partial charge on any atom is 0.311 e. The van der Waals surface area contributed by atoms with Gasteiger partial charge in [-0.1, -0.05) is 23.8 Å². The van der Waals surface area contributed by atoms with Gasteiger partial charge in [0, 0.05) is 11.6 Å². The van der Waals surface area contributed by atoms with E-state index in [0.29, 0.717) is 11.4 Å². The second-order valence-electron chi connectivity index (χ2n) is 6.13. The maximum atomic E-state index is 13.3. The molecule has 0 aliphatic rings. The monoisotopic (exact) mass is 346 g/mol. The van der Waals surface area contributed by atoms with Crippen LogP contribution in [-0.2, 0) is 0 Å². The number of aromatic nitrogens is 2. The molecule has 0 aliphatic carbocycles. The predicted octanol–water partition coefficient (Wildman–Crippen LogP) is 4.12. The molecule has 5 heteroatoms. The Hall–Kier alpha value is -3.47. The van der Waals surface area contributed by atoms with Crippen molar-refractivity contribution in [3.8, 4) is 11.3 Å². The normalized spacial score (nSPS) is 10.8. The van der Waals surface area contributed by atoms with E-state index in [2.05, 4.69) is 10.3 Å². The molecule has 0 saturated heterocycles. The molecule has 0 aliphatic heterocycles. The van der Waals surface area contributed by atoms with Crippen LogP contribution in [-0.4, -0.2) is 10.9 Å². The first-order chi connectivity index (χ1) is 12.6. The molecule has 2 heterocycles. The van der Waals surface area contributed by atoms with Crippen LogP contribution < -0.4 is 9.72 Å². The minimum atomic E-state index is -0.303. The zero-order chi connectivity index (χ0) is 18.1. The number of aromatic amines is 1. The SMILES string of the molecule is Cc1cccc(C(=O)Nc2c(-c3ccc(F)cc3)[nH]c3cccc[n+]23)c1. The van der Waals surface area contributed by atoms with E-state index in [9.17, 15) is 9.18 Å². The number of anilines is 1. The number of rotatable bonds is 3. The highest BCUT2D eigenvalue weighted by atomic mass is 19.1. The molecule has 0 spiro atoms. The van der Waals surface area contributed by atoms with Gasteiger partial charge in [-0.25, -0.2) is 14.1 Å². The molecule has 2 N–H and O–H groups in total. The highest BCUT2D eigenvalue weighted by Crippen LogP contribution is 2.25. The van der Waals surface area contributed by atoms with Crippen molar-refractivity contribution in [2.24, 2.45) is 0 Å². The lowest BCUT2D eigenvalue weighted by Gasteiger charge is -2.03. The lowest BCUT2D eigenvalue weighted by molar-refractivity contribution is -0.493. The number of hydrogen-bond donors (Lipinski definition) is 2. The number of benzene rings is 2. The quantitative estimate of drug-likeness (QED) is 0.539. The Kier molecular flexibility index (Phi) is 3.97. The molecule has 2 aromatic carbocycles. The van der Waals surface area contributed by atoms with Crippen LogP contribution in [0.2, 0.25) is 0 Å². The van der Waals surface area contributed by atoms with Crippen molar-refractivity contribution < 1.29 is 13.6 Å². The van der Waals surface area contributed by atoms with Gasteiger partial charge in [-0.2, -0.15) is 0 Å². The number of amides is 1. The molecule has 0 radical (unpaired) electrons. The summed E-state index contributed by atoms with van der Waals surface area (Å²) in [6.07, 6.45) is 1.87. The van der Waals surface area contributed by atoms with E-state index in [-0.39, 0.29) is 11.7 Å². The minimum Gasteiger partial charge on any atom is -0.267 e. The average molecular weight is 346 g/mol. The van der Waals surface area contributed by atoms with E-state index in [4.69, 9.17) is 0 Å². The molecule has 1 amide bonds. The molecule has 4 nitrogen and oxygen atoms in total. The lowest BCUT2D eigenvalue weighted by atomic mass is 10.1. The molecule has 2 aromatic heterocycles. The van der Waals surface area contributed by atoms with Crippen molar-refractivity contribution in [1.82, 2.24) is 4.98 Å². The van der Waals surface area contributed by atoms with Gasteiger partial charge in [0.15, 0.2) is 5.69 Å². The number of nitrogens with one attached hydrogen (secondary N) is 2. The van der Waals surface area contributed by atoms with E-state index in [0.717, 1.165) is 22.5 Å². The Bertz CT molecular complexity index is 1100. The zero-order valence-corrected chi connectivity index (χ0v) is 14.2. The third-order valence-corrected chi connectivity index (χ3v) is 4.24. The fourth-order valence-electron chi connectivity index (χ4n) is 2.96. The molecule has 0 saturated carbocycles. The summed E-state index contributed by atoms with van der Waals surface area (Å²) in [4.78, 5) is 16.0. The second kappa shape index (κ2) is 6.44. The summed E-state index contributed by atoms with van der Waals surface area (Å²) in [5, 5.41) is 2.99.